The standard InChI is InChI=1S/C16H24N6O4/c1-3-8-22-12(18-19-20-22)10-26-13(23)9-21-14(24)16(17-15(21)25)7-5-4-6-11(16)2/h11H,3-10H2,1-2H3,(H,17,25)/t11-,16-/m0/s1. The van der Waals surface area contributed by atoms with Crippen molar-refractivity contribution in [3.63, 3.8) is 0 Å². The highest BCUT2D eigenvalue weighted by Crippen LogP contribution is 2.38. The van der Waals surface area contributed by atoms with E-state index in [1.54, 1.807) is 4.68 Å². The molecule has 3 amide bonds. The van der Waals surface area contributed by atoms with E-state index in [1.165, 1.54) is 0 Å². The summed E-state index contributed by atoms with van der Waals surface area (Å²) in [6.45, 7) is 4.06. The maximum absolute atomic E-state index is 12.8. The minimum atomic E-state index is -0.874. The van der Waals surface area contributed by atoms with Crippen LogP contribution in [0.1, 0.15) is 51.8 Å². The molecule has 1 aromatic rings. The topological polar surface area (TPSA) is 119 Å². The van der Waals surface area contributed by atoms with Crippen LogP contribution in [0.4, 0.5) is 4.79 Å². The zero-order valence-electron chi connectivity index (χ0n) is 15.1. The Bertz CT molecular complexity index is 705. The lowest BCUT2D eigenvalue weighted by Gasteiger charge is -2.36. The first-order valence-corrected chi connectivity index (χ1v) is 9.02. The zero-order chi connectivity index (χ0) is 18.7. The predicted molar refractivity (Wildman–Crippen MR) is 88.5 cm³/mol. The van der Waals surface area contributed by atoms with E-state index in [1.807, 2.05) is 13.8 Å². The molecule has 0 aromatic carbocycles. The number of hydrogen-bond acceptors (Lipinski definition) is 7. The van der Waals surface area contributed by atoms with Crippen LogP contribution >= 0.6 is 0 Å². The third-order valence-corrected chi connectivity index (χ3v) is 5.19. The van der Waals surface area contributed by atoms with E-state index in [0.29, 0.717) is 18.8 Å². The highest BCUT2D eigenvalue weighted by molar-refractivity contribution is 6.08. The zero-order valence-corrected chi connectivity index (χ0v) is 15.1. The molecule has 1 aliphatic carbocycles. The number of carbonyl (C=O) groups is 3. The second kappa shape index (κ2) is 7.38. The van der Waals surface area contributed by atoms with Gasteiger partial charge in [-0.2, -0.15) is 0 Å². The summed E-state index contributed by atoms with van der Waals surface area (Å²) < 4.78 is 6.71. The molecule has 0 unspecified atom stereocenters. The molecule has 0 bridgehead atoms. The first-order chi connectivity index (χ1) is 12.5. The Labute approximate surface area is 151 Å². The van der Waals surface area contributed by atoms with Gasteiger partial charge in [-0.3, -0.25) is 14.5 Å². The molecule has 2 atom stereocenters. The van der Waals surface area contributed by atoms with Crippen molar-refractivity contribution in [3.05, 3.63) is 5.82 Å². The molecule has 10 nitrogen and oxygen atoms in total. The normalized spacial score (nSPS) is 25.6. The Kier molecular flexibility index (Phi) is 5.19. The summed E-state index contributed by atoms with van der Waals surface area (Å²) >= 11 is 0. The van der Waals surface area contributed by atoms with Gasteiger partial charge in [0, 0.05) is 6.54 Å². The molecule has 10 heteroatoms. The summed E-state index contributed by atoms with van der Waals surface area (Å²) in [7, 11) is 0. The average Bonchev–Trinajstić information content (AvgIpc) is 3.15. The third kappa shape index (κ3) is 3.27. The van der Waals surface area contributed by atoms with E-state index in [9.17, 15) is 14.4 Å². The molecule has 2 aliphatic rings. The second-order valence-corrected chi connectivity index (χ2v) is 6.92. The molecule has 1 saturated carbocycles. The number of esters is 1. The van der Waals surface area contributed by atoms with Crippen LogP contribution in [0.15, 0.2) is 0 Å². The molecule has 1 aliphatic heterocycles. The van der Waals surface area contributed by atoms with Gasteiger partial charge in [-0.15, -0.1) is 5.10 Å². The number of urea groups is 1. The maximum atomic E-state index is 12.8. The molecule has 2 fully saturated rings. The van der Waals surface area contributed by atoms with Gasteiger partial charge in [-0.1, -0.05) is 26.7 Å². The molecule has 2 heterocycles. The summed E-state index contributed by atoms with van der Waals surface area (Å²) in [6, 6.07) is -0.531. The maximum Gasteiger partial charge on any atom is 0.326 e. The third-order valence-electron chi connectivity index (χ3n) is 5.19. The van der Waals surface area contributed by atoms with Crippen molar-refractivity contribution in [2.75, 3.05) is 6.54 Å². The number of hydrogen-bond donors (Lipinski definition) is 1. The lowest BCUT2D eigenvalue weighted by atomic mass is 9.73. The monoisotopic (exact) mass is 364 g/mol. The van der Waals surface area contributed by atoms with Crippen LogP contribution in [0.3, 0.4) is 0 Å². The molecule has 1 aromatic heterocycles. The minimum Gasteiger partial charge on any atom is -0.456 e. The minimum absolute atomic E-state index is 0.0485. The number of carbonyl (C=O) groups excluding carboxylic acids is 3. The summed E-state index contributed by atoms with van der Waals surface area (Å²) in [4.78, 5) is 38.2. The number of aromatic nitrogens is 4. The largest absolute Gasteiger partial charge is 0.456 e. The first kappa shape index (κ1) is 18.3. The van der Waals surface area contributed by atoms with Gasteiger partial charge in [0.05, 0.1) is 0 Å². The predicted octanol–water partition coefficient (Wildman–Crippen LogP) is 0.627. The van der Waals surface area contributed by atoms with Crippen LogP contribution in [0.2, 0.25) is 0 Å². The summed E-state index contributed by atoms with van der Waals surface area (Å²) in [5, 5.41) is 14.0. The fourth-order valence-corrected chi connectivity index (χ4v) is 3.67. The Morgan fingerprint density at radius 1 is 1.38 bits per heavy atom. The van der Waals surface area contributed by atoms with Crippen LogP contribution in [0, 0.1) is 5.92 Å². The SMILES string of the molecule is CCCn1nnnc1COC(=O)CN1C(=O)N[C@]2(CCCC[C@@H]2C)C1=O. The lowest BCUT2D eigenvalue weighted by molar-refractivity contribution is -0.149. The molecule has 142 valence electrons. The van der Waals surface area contributed by atoms with E-state index >= 15 is 0 Å². The van der Waals surface area contributed by atoms with Gasteiger partial charge in [-0.25, -0.2) is 9.48 Å². The second-order valence-electron chi connectivity index (χ2n) is 6.92. The van der Waals surface area contributed by atoms with Gasteiger partial charge in [-0.05, 0) is 35.6 Å². The van der Waals surface area contributed by atoms with Gasteiger partial charge in [0.15, 0.2) is 12.4 Å². The molecular formula is C16H24N6O4. The average molecular weight is 364 g/mol. The first-order valence-electron chi connectivity index (χ1n) is 9.02. The number of imide groups is 1. The number of nitrogens with one attached hydrogen (secondary N) is 1. The summed E-state index contributed by atoms with van der Waals surface area (Å²) in [6.07, 6.45) is 4.25. The van der Waals surface area contributed by atoms with Crippen LogP contribution in [-0.2, 0) is 27.5 Å². The molecule has 3 rings (SSSR count). The van der Waals surface area contributed by atoms with E-state index in [0.717, 1.165) is 30.6 Å². The van der Waals surface area contributed by atoms with Crippen LogP contribution < -0.4 is 5.32 Å². The van der Waals surface area contributed by atoms with Crippen molar-refractivity contribution in [1.82, 2.24) is 30.4 Å². The number of ether oxygens (including phenoxy) is 1. The summed E-state index contributed by atoms with van der Waals surface area (Å²) in [5.41, 5.74) is -0.874. The van der Waals surface area contributed by atoms with Crippen LogP contribution in [0.25, 0.3) is 0 Å². The van der Waals surface area contributed by atoms with Gasteiger partial charge < -0.3 is 10.1 Å². The van der Waals surface area contributed by atoms with Gasteiger partial charge in [0.2, 0.25) is 0 Å². The van der Waals surface area contributed by atoms with E-state index in [4.69, 9.17) is 4.74 Å². The molecule has 1 saturated heterocycles. The number of aryl methyl sites for hydroxylation is 1. The van der Waals surface area contributed by atoms with Gasteiger partial charge in [0.1, 0.15) is 12.1 Å². The van der Waals surface area contributed by atoms with E-state index in [-0.39, 0.29) is 18.4 Å². The van der Waals surface area contributed by atoms with E-state index in [2.05, 4.69) is 20.8 Å². The molecular weight excluding hydrogens is 340 g/mol. The Hall–Kier alpha value is -2.52. The quantitative estimate of drug-likeness (QED) is 0.580. The summed E-state index contributed by atoms with van der Waals surface area (Å²) in [5.74, 6) is -0.523. The Balaban J connectivity index is 1.59. The number of nitrogens with zero attached hydrogens (tertiary/aromatic N) is 5. The van der Waals surface area contributed by atoms with Crippen LogP contribution in [0.5, 0.6) is 0 Å². The molecule has 26 heavy (non-hydrogen) atoms. The van der Waals surface area contributed by atoms with Crippen molar-refractivity contribution in [2.24, 2.45) is 5.92 Å². The number of rotatable bonds is 6. The molecule has 1 N–H and O–H groups in total. The highest BCUT2D eigenvalue weighted by Gasteiger charge is 2.55. The van der Waals surface area contributed by atoms with Crippen molar-refractivity contribution in [2.45, 2.75) is 64.6 Å². The fraction of sp³-hybridized carbons (Fsp3) is 0.750. The Morgan fingerprint density at radius 2 is 2.19 bits per heavy atom. The van der Waals surface area contributed by atoms with Gasteiger partial charge >= 0.3 is 12.0 Å². The van der Waals surface area contributed by atoms with Crippen molar-refractivity contribution in [3.8, 4) is 0 Å². The van der Waals surface area contributed by atoms with E-state index < -0.39 is 24.1 Å². The lowest BCUT2D eigenvalue weighted by Crippen LogP contribution is -2.54. The van der Waals surface area contributed by atoms with Crippen molar-refractivity contribution >= 4 is 17.9 Å². The molecule has 0 radical (unpaired) electrons. The highest BCUT2D eigenvalue weighted by atomic mass is 16.5. The number of tetrazole rings is 1. The smallest absolute Gasteiger partial charge is 0.326 e. The Morgan fingerprint density at radius 3 is 2.92 bits per heavy atom. The molecule has 1 spiro atoms. The van der Waals surface area contributed by atoms with Crippen molar-refractivity contribution in [1.29, 1.82) is 0 Å². The van der Waals surface area contributed by atoms with Crippen LogP contribution in [-0.4, -0.2) is 55.1 Å². The van der Waals surface area contributed by atoms with Gasteiger partial charge in [0.25, 0.3) is 5.91 Å². The number of amides is 3. The van der Waals surface area contributed by atoms with Crippen molar-refractivity contribution < 1.29 is 19.1 Å². The fourth-order valence-electron chi connectivity index (χ4n) is 3.67.